The van der Waals surface area contributed by atoms with E-state index in [1.807, 2.05) is 13.0 Å². The van der Waals surface area contributed by atoms with Gasteiger partial charge in [0.15, 0.2) is 0 Å². The number of benzene rings is 1. The first kappa shape index (κ1) is 27.3. The normalized spacial score (nSPS) is 27.6. The molecule has 2 saturated heterocycles. The van der Waals surface area contributed by atoms with Gasteiger partial charge < -0.3 is 14.2 Å². The SMILES string of the molecule is C=C1C(=O)O[C@H]2[C@H]1CC/C(COC(=O)Cn1cc(F)c(=O)n(Cc3ccc(Br)cc3)c1=O)=C\CC[C@@]1(C)O[C@@H]21. The van der Waals surface area contributed by atoms with E-state index in [-0.39, 0.29) is 36.9 Å². The molecule has 5 rings (SSSR count). The summed E-state index contributed by atoms with van der Waals surface area (Å²) in [5.41, 5.74) is -0.360. The maximum Gasteiger partial charge on any atom is 0.334 e. The standard InChI is InChI=1S/C28H28BrFN2O7/c1-16-20-10-7-18(4-3-11-28(2)24(39-28)23(20)38-26(16)35)15-37-22(33)14-31-13-21(30)25(34)32(27(31)36)12-17-5-8-19(29)9-6-17/h4-6,8-9,13,20,23-24H,1,3,7,10-12,14-15H2,2H3/b18-4+/t20-,23-,24-,28+/m0/s1. The summed E-state index contributed by atoms with van der Waals surface area (Å²) in [6.45, 7) is 5.17. The maximum atomic E-state index is 14.4. The van der Waals surface area contributed by atoms with Gasteiger partial charge in [-0.1, -0.05) is 40.7 Å². The number of hydrogen-bond acceptors (Lipinski definition) is 7. The number of rotatable bonds is 6. The second-order valence-corrected chi connectivity index (χ2v) is 11.3. The number of halogens is 2. The highest BCUT2D eigenvalue weighted by Crippen LogP contribution is 2.49. The van der Waals surface area contributed by atoms with Gasteiger partial charge in [-0.05, 0) is 55.9 Å². The van der Waals surface area contributed by atoms with Crippen LogP contribution in [0.5, 0.6) is 0 Å². The lowest BCUT2D eigenvalue weighted by atomic mass is 9.84. The molecule has 2 aromatic rings. The number of esters is 2. The molecule has 0 N–H and O–H groups in total. The van der Waals surface area contributed by atoms with Crippen molar-refractivity contribution in [3.63, 3.8) is 0 Å². The number of ether oxygens (including phenoxy) is 3. The third kappa shape index (κ3) is 5.69. The molecule has 0 radical (unpaired) electrons. The molecule has 11 heteroatoms. The molecule has 206 valence electrons. The molecule has 1 aromatic heterocycles. The Hall–Kier alpha value is -3.31. The number of allylic oxidation sites excluding steroid dienone is 1. The van der Waals surface area contributed by atoms with Crippen LogP contribution in [0.1, 0.15) is 38.2 Å². The fourth-order valence-corrected chi connectivity index (χ4v) is 5.52. The zero-order valence-electron chi connectivity index (χ0n) is 21.4. The van der Waals surface area contributed by atoms with E-state index >= 15 is 0 Å². The Labute approximate surface area is 232 Å². The molecule has 1 aliphatic carbocycles. The second kappa shape index (κ2) is 10.7. The Bertz CT molecular complexity index is 1480. The zero-order valence-corrected chi connectivity index (χ0v) is 22.9. The molecule has 2 aliphatic heterocycles. The molecule has 3 aliphatic rings. The monoisotopic (exact) mass is 602 g/mol. The fourth-order valence-electron chi connectivity index (χ4n) is 5.25. The van der Waals surface area contributed by atoms with Crippen LogP contribution in [0.15, 0.2) is 68.3 Å². The van der Waals surface area contributed by atoms with Gasteiger partial charge in [0.1, 0.15) is 25.4 Å². The molecular formula is C28H28BrFN2O7. The van der Waals surface area contributed by atoms with Gasteiger partial charge in [0, 0.05) is 16.0 Å². The van der Waals surface area contributed by atoms with Crippen molar-refractivity contribution in [2.45, 2.75) is 63.5 Å². The molecule has 2 fully saturated rings. The molecule has 0 spiro atoms. The lowest BCUT2D eigenvalue weighted by Gasteiger charge is -2.20. The number of fused-ring (bicyclic) bond motifs is 3. The summed E-state index contributed by atoms with van der Waals surface area (Å²) in [5, 5.41) is 0. The van der Waals surface area contributed by atoms with Crippen molar-refractivity contribution in [2.75, 3.05) is 6.61 Å². The smallest absolute Gasteiger partial charge is 0.334 e. The van der Waals surface area contributed by atoms with E-state index in [4.69, 9.17) is 14.2 Å². The summed E-state index contributed by atoms with van der Waals surface area (Å²) < 4.78 is 33.7. The van der Waals surface area contributed by atoms with E-state index < -0.39 is 35.5 Å². The van der Waals surface area contributed by atoms with Crippen LogP contribution in [0, 0.1) is 11.7 Å². The lowest BCUT2D eigenvalue weighted by Crippen LogP contribution is -2.42. The number of hydrogen-bond donors (Lipinski definition) is 0. The zero-order chi connectivity index (χ0) is 27.9. The van der Waals surface area contributed by atoms with E-state index in [1.54, 1.807) is 24.3 Å². The number of aromatic nitrogens is 2. The Morgan fingerprint density at radius 2 is 2.00 bits per heavy atom. The number of carbonyl (C=O) groups is 2. The molecule has 0 unspecified atom stereocenters. The highest BCUT2D eigenvalue weighted by molar-refractivity contribution is 9.10. The Morgan fingerprint density at radius 1 is 1.26 bits per heavy atom. The van der Waals surface area contributed by atoms with E-state index in [0.29, 0.717) is 30.4 Å². The number of epoxide rings is 1. The van der Waals surface area contributed by atoms with Crippen molar-refractivity contribution < 1.29 is 28.2 Å². The summed E-state index contributed by atoms with van der Waals surface area (Å²) in [6.07, 6.45) is 4.76. The van der Waals surface area contributed by atoms with Crippen LogP contribution in [0.2, 0.25) is 0 Å². The summed E-state index contributed by atoms with van der Waals surface area (Å²) in [6, 6.07) is 6.89. The van der Waals surface area contributed by atoms with E-state index in [9.17, 15) is 23.6 Å². The number of nitrogens with zero attached hydrogens (tertiary/aromatic N) is 2. The van der Waals surface area contributed by atoms with Crippen LogP contribution in [-0.4, -0.2) is 45.5 Å². The van der Waals surface area contributed by atoms with Gasteiger partial charge in [-0.3, -0.25) is 18.7 Å². The molecule has 0 saturated carbocycles. The molecule has 9 nitrogen and oxygen atoms in total. The van der Waals surface area contributed by atoms with Crippen LogP contribution in [0.3, 0.4) is 0 Å². The van der Waals surface area contributed by atoms with Crippen molar-refractivity contribution in [3.05, 3.63) is 91.0 Å². The topological polar surface area (TPSA) is 109 Å². The predicted octanol–water partition coefficient (Wildman–Crippen LogP) is 3.26. The Balaban J connectivity index is 1.25. The quantitative estimate of drug-likeness (QED) is 0.216. The second-order valence-electron chi connectivity index (χ2n) is 10.4. The van der Waals surface area contributed by atoms with Gasteiger partial charge in [0.05, 0.1) is 18.3 Å². The third-order valence-electron chi connectivity index (χ3n) is 7.61. The molecule has 4 atom stereocenters. The molecular weight excluding hydrogens is 575 g/mol. The van der Waals surface area contributed by atoms with Crippen LogP contribution < -0.4 is 11.2 Å². The van der Waals surface area contributed by atoms with Gasteiger partial charge in [0.2, 0.25) is 5.82 Å². The Kier molecular flexibility index (Phi) is 7.47. The van der Waals surface area contributed by atoms with E-state index in [0.717, 1.165) is 31.8 Å². The lowest BCUT2D eigenvalue weighted by molar-refractivity contribution is -0.143. The summed E-state index contributed by atoms with van der Waals surface area (Å²) in [7, 11) is 0. The van der Waals surface area contributed by atoms with Crippen LogP contribution in [-0.2, 0) is 36.9 Å². The highest BCUT2D eigenvalue weighted by atomic mass is 79.9. The minimum Gasteiger partial charge on any atom is -0.460 e. The van der Waals surface area contributed by atoms with Crippen molar-refractivity contribution in [2.24, 2.45) is 5.92 Å². The largest absolute Gasteiger partial charge is 0.460 e. The molecule has 3 heterocycles. The average molecular weight is 603 g/mol. The molecule has 0 amide bonds. The Morgan fingerprint density at radius 3 is 2.74 bits per heavy atom. The van der Waals surface area contributed by atoms with Crippen molar-refractivity contribution in [1.29, 1.82) is 0 Å². The van der Waals surface area contributed by atoms with Crippen molar-refractivity contribution >= 4 is 27.9 Å². The average Bonchev–Trinajstić information content (AvgIpc) is 3.49. The van der Waals surface area contributed by atoms with Crippen LogP contribution >= 0.6 is 15.9 Å². The van der Waals surface area contributed by atoms with E-state index in [2.05, 4.69) is 22.5 Å². The van der Waals surface area contributed by atoms with Gasteiger partial charge >= 0.3 is 17.6 Å². The minimum atomic E-state index is -1.15. The summed E-state index contributed by atoms with van der Waals surface area (Å²) in [4.78, 5) is 50.0. The van der Waals surface area contributed by atoms with Gasteiger partial charge in [0.25, 0.3) is 5.56 Å². The summed E-state index contributed by atoms with van der Waals surface area (Å²) in [5.74, 6) is -2.48. The van der Waals surface area contributed by atoms with Crippen molar-refractivity contribution in [3.8, 4) is 0 Å². The van der Waals surface area contributed by atoms with Gasteiger partial charge in [-0.25, -0.2) is 9.59 Å². The maximum absolute atomic E-state index is 14.4. The fraction of sp³-hybridized carbons (Fsp3) is 0.429. The van der Waals surface area contributed by atoms with Crippen LogP contribution in [0.25, 0.3) is 0 Å². The molecule has 1 aromatic carbocycles. The molecule has 0 bridgehead atoms. The van der Waals surface area contributed by atoms with Gasteiger partial charge in [-0.15, -0.1) is 0 Å². The minimum absolute atomic E-state index is 0.0196. The number of carbonyl (C=O) groups excluding carboxylic acids is 2. The predicted molar refractivity (Wildman–Crippen MR) is 141 cm³/mol. The van der Waals surface area contributed by atoms with Crippen molar-refractivity contribution in [1.82, 2.24) is 9.13 Å². The first-order chi connectivity index (χ1) is 18.6. The molecule has 39 heavy (non-hydrogen) atoms. The first-order valence-corrected chi connectivity index (χ1v) is 13.5. The highest BCUT2D eigenvalue weighted by Gasteiger charge is 2.61. The first-order valence-electron chi connectivity index (χ1n) is 12.7. The van der Waals surface area contributed by atoms with Gasteiger partial charge in [-0.2, -0.15) is 4.39 Å². The van der Waals surface area contributed by atoms with E-state index in [1.165, 1.54) is 0 Å². The van der Waals surface area contributed by atoms with Crippen LogP contribution in [0.4, 0.5) is 4.39 Å². The summed E-state index contributed by atoms with van der Waals surface area (Å²) >= 11 is 3.31. The third-order valence-corrected chi connectivity index (χ3v) is 8.13.